The number of aromatic nitrogens is 2. The van der Waals surface area contributed by atoms with Gasteiger partial charge < -0.3 is 9.64 Å². The fraction of sp³-hybridized carbons (Fsp3) is 0.533. The van der Waals surface area contributed by atoms with Crippen molar-refractivity contribution in [3.8, 4) is 5.88 Å². The first-order valence-corrected chi connectivity index (χ1v) is 7.37. The van der Waals surface area contributed by atoms with E-state index in [4.69, 9.17) is 4.74 Å². The first-order chi connectivity index (χ1) is 9.85. The summed E-state index contributed by atoms with van der Waals surface area (Å²) in [6, 6.07) is 7.99. The van der Waals surface area contributed by atoms with Crippen LogP contribution in [0.5, 0.6) is 5.88 Å². The van der Waals surface area contributed by atoms with Gasteiger partial charge in [0.05, 0.1) is 5.52 Å². The number of hydrogen-bond donors (Lipinski definition) is 0. The van der Waals surface area contributed by atoms with Gasteiger partial charge in [0.25, 0.3) is 0 Å². The normalized spacial score (nSPS) is 17.6. The summed E-state index contributed by atoms with van der Waals surface area (Å²) >= 11 is 0. The number of ether oxygens (including phenoxy) is 1. The Labute approximate surface area is 119 Å². The van der Waals surface area contributed by atoms with Gasteiger partial charge in [-0.25, -0.2) is 4.52 Å². The van der Waals surface area contributed by atoms with Gasteiger partial charge in [-0.2, -0.15) is 0 Å². The Bertz CT molecular complexity index is 513. The summed E-state index contributed by atoms with van der Waals surface area (Å²) in [4.78, 5) is 4.95. The van der Waals surface area contributed by atoms with Crippen molar-refractivity contribution in [2.24, 2.45) is 0 Å². The number of pyridine rings is 1. The Morgan fingerprint density at radius 3 is 2.70 bits per heavy atom. The summed E-state index contributed by atoms with van der Waals surface area (Å²) in [5.41, 5.74) is 1.07. The standard InChI is InChI=1S/C15H22N4O/c1-2-17-7-9-18(10-8-17)11-12-20-15-13-14-5-3-4-6-19(14)16-15/h3-6,13H,2,7-12H2,1H3. The molecule has 3 heterocycles. The van der Waals surface area contributed by atoms with Gasteiger partial charge in [-0.15, -0.1) is 5.10 Å². The number of nitrogens with zero attached hydrogens (tertiary/aromatic N) is 4. The molecule has 0 saturated carbocycles. The molecule has 0 aromatic carbocycles. The monoisotopic (exact) mass is 274 g/mol. The Morgan fingerprint density at radius 1 is 1.15 bits per heavy atom. The third-order valence-corrected chi connectivity index (χ3v) is 3.92. The highest BCUT2D eigenvalue weighted by Crippen LogP contribution is 2.12. The van der Waals surface area contributed by atoms with E-state index in [0.29, 0.717) is 12.5 Å². The average Bonchev–Trinajstić information content (AvgIpc) is 2.90. The van der Waals surface area contributed by atoms with E-state index in [9.17, 15) is 0 Å². The molecule has 108 valence electrons. The van der Waals surface area contributed by atoms with Crippen LogP contribution in [0.4, 0.5) is 0 Å². The second-order valence-corrected chi connectivity index (χ2v) is 5.18. The Morgan fingerprint density at radius 2 is 1.95 bits per heavy atom. The average molecular weight is 274 g/mol. The van der Waals surface area contributed by atoms with E-state index in [-0.39, 0.29) is 0 Å². The molecule has 3 rings (SSSR count). The van der Waals surface area contributed by atoms with Crippen LogP contribution in [-0.4, -0.2) is 65.3 Å². The van der Waals surface area contributed by atoms with Gasteiger partial charge in [0, 0.05) is 45.0 Å². The Hall–Kier alpha value is -1.59. The predicted molar refractivity (Wildman–Crippen MR) is 79.2 cm³/mol. The molecule has 2 aromatic rings. The van der Waals surface area contributed by atoms with E-state index in [1.165, 1.54) is 13.1 Å². The quantitative estimate of drug-likeness (QED) is 0.824. The van der Waals surface area contributed by atoms with Crippen molar-refractivity contribution in [2.45, 2.75) is 6.92 Å². The second-order valence-electron chi connectivity index (χ2n) is 5.18. The van der Waals surface area contributed by atoms with Gasteiger partial charge >= 0.3 is 0 Å². The van der Waals surface area contributed by atoms with Crippen molar-refractivity contribution in [3.05, 3.63) is 30.5 Å². The fourth-order valence-electron chi connectivity index (χ4n) is 2.59. The fourth-order valence-corrected chi connectivity index (χ4v) is 2.59. The van der Waals surface area contributed by atoms with Crippen LogP contribution in [0.3, 0.4) is 0 Å². The Kier molecular flexibility index (Phi) is 4.18. The van der Waals surface area contributed by atoms with Crippen LogP contribution in [0.15, 0.2) is 30.5 Å². The van der Waals surface area contributed by atoms with Crippen LogP contribution in [-0.2, 0) is 0 Å². The lowest BCUT2D eigenvalue weighted by Crippen LogP contribution is -2.47. The highest BCUT2D eigenvalue weighted by molar-refractivity contribution is 5.48. The zero-order chi connectivity index (χ0) is 13.8. The predicted octanol–water partition coefficient (Wildman–Crippen LogP) is 1.35. The minimum atomic E-state index is 0.704. The zero-order valence-corrected chi connectivity index (χ0v) is 12.0. The number of likely N-dealkylation sites (N-methyl/N-ethyl adjacent to an activating group) is 1. The summed E-state index contributed by atoms with van der Waals surface area (Å²) in [5, 5.41) is 4.39. The zero-order valence-electron chi connectivity index (χ0n) is 12.0. The molecule has 0 amide bonds. The van der Waals surface area contributed by atoms with Gasteiger partial charge in [0.1, 0.15) is 6.61 Å². The number of hydrogen-bond acceptors (Lipinski definition) is 4. The lowest BCUT2D eigenvalue weighted by Gasteiger charge is -2.33. The summed E-state index contributed by atoms with van der Waals surface area (Å²) in [7, 11) is 0. The summed E-state index contributed by atoms with van der Waals surface area (Å²) in [5.74, 6) is 0.711. The molecule has 0 spiro atoms. The topological polar surface area (TPSA) is 33.0 Å². The van der Waals surface area contributed by atoms with Crippen molar-refractivity contribution in [1.29, 1.82) is 0 Å². The maximum absolute atomic E-state index is 5.76. The molecule has 1 fully saturated rings. The molecule has 0 radical (unpaired) electrons. The maximum atomic E-state index is 5.76. The summed E-state index contributed by atoms with van der Waals surface area (Å²) in [6.45, 7) is 9.69. The largest absolute Gasteiger partial charge is 0.475 e. The van der Waals surface area contributed by atoms with E-state index in [0.717, 1.165) is 31.7 Å². The van der Waals surface area contributed by atoms with Gasteiger partial charge in [-0.05, 0) is 18.7 Å². The van der Waals surface area contributed by atoms with Crippen LogP contribution >= 0.6 is 0 Å². The molecular weight excluding hydrogens is 252 g/mol. The Balaban J connectivity index is 1.46. The van der Waals surface area contributed by atoms with Crippen molar-refractivity contribution in [1.82, 2.24) is 19.4 Å². The highest BCUT2D eigenvalue weighted by atomic mass is 16.5. The second kappa shape index (κ2) is 6.24. The minimum Gasteiger partial charge on any atom is -0.475 e. The third kappa shape index (κ3) is 3.11. The molecule has 0 unspecified atom stereocenters. The summed E-state index contributed by atoms with van der Waals surface area (Å²) < 4.78 is 7.60. The molecule has 0 atom stereocenters. The highest BCUT2D eigenvalue weighted by Gasteiger charge is 2.15. The lowest BCUT2D eigenvalue weighted by molar-refractivity contribution is 0.120. The van der Waals surface area contributed by atoms with Crippen LogP contribution in [0.1, 0.15) is 6.92 Å². The maximum Gasteiger partial charge on any atom is 0.233 e. The molecule has 2 aromatic heterocycles. The third-order valence-electron chi connectivity index (χ3n) is 3.92. The van der Waals surface area contributed by atoms with E-state index in [2.05, 4.69) is 21.8 Å². The molecule has 5 nitrogen and oxygen atoms in total. The molecule has 0 bridgehead atoms. The lowest BCUT2D eigenvalue weighted by atomic mass is 10.3. The summed E-state index contributed by atoms with van der Waals surface area (Å²) in [6.07, 6.45) is 1.94. The van der Waals surface area contributed by atoms with Gasteiger partial charge in [-0.1, -0.05) is 13.0 Å². The molecular formula is C15H22N4O. The van der Waals surface area contributed by atoms with Crippen LogP contribution < -0.4 is 4.74 Å². The van der Waals surface area contributed by atoms with Crippen molar-refractivity contribution in [2.75, 3.05) is 45.9 Å². The molecule has 1 aliphatic heterocycles. The molecule has 0 aliphatic carbocycles. The van der Waals surface area contributed by atoms with E-state index >= 15 is 0 Å². The van der Waals surface area contributed by atoms with Gasteiger partial charge in [0.2, 0.25) is 5.88 Å². The van der Waals surface area contributed by atoms with E-state index in [1.807, 2.05) is 35.0 Å². The van der Waals surface area contributed by atoms with E-state index in [1.54, 1.807) is 0 Å². The van der Waals surface area contributed by atoms with Gasteiger partial charge in [0.15, 0.2) is 0 Å². The molecule has 5 heteroatoms. The smallest absolute Gasteiger partial charge is 0.233 e. The minimum absolute atomic E-state index is 0.704. The number of rotatable bonds is 5. The molecule has 20 heavy (non-hydrogen) atoms. The molecule has 1 saturated heterocycles. The van der Waals surface area contributed by atoms with Crippen LogP contribution in [0.2, 0.25) is 0 Å². The number of fused-ring (bicyclic) bond motifs is 1. The van der Waals surface area contributed by atoms with Crippen molar-refractivity contribution < 1.29 is 4.74 Å². The molecule has 1 aliphatic rings. The first kappa shape index (κ1) is 13.4. The SMILES string of the molecule is CCN1CCN(CCOc2cc3ccccn3n2)CC1. The van der Waals surface area contributed by atoms with Crippen molar-refractivity contribution >= 4 is 5.52 Å². The molecule has 0 N–H and O–H groups in total. The number of piperazine rings is 1. The van der Waals surface area contributed by atoms with Crippen molar-refractivity contribution in [3.63, 3.8) is 0 Å². The van der Waals surface area contributed by atoms with Crippen LogP contribution in [0.25, 0.3) is 5.52 Å². The van der Waals surface area contributed by atoms with E-state index < -0.39 is 0 Å². The van der Waals surface area contributed by atoms with Crippen LogP contribution in [0, 0.1) is 0 Å². The van der Waals surface area contributed by atoms with Gasteiger partial charge in [-0.3, -0.25) is 4.90 Å². The first-order valence-electron chi connectivity index (χ1n) is 7.37.